The highest BCUT2D eigenvalue weighted by atomic mass is 16.5. The van der Waals surface area contributed by atoms with Crippen LogP contribution < -0.4 is 0 Å². The standard InChI is InChI=1S/C11H20N2O3/c14-10-8-11(15)13(9-10)3-1-2-12-4-6-16-7-5-12/h10,14H,1-9H2. The molecule has 0 aromatic rings. The minimum absolute atomic E-state index is 0.0921. The number of rotatable bonds is 4. The monoisotopic (exact) mass is 228 g/mol. The molecule has 0 aromatic carbocycles. The molecule has 92 valence electrons. The fourth-order valence-electron chi connectivity index (χ4n) is 2.28. The lowest BCUT2D eigenvalue weighted by molar-refractivity contribution is -0.127. The quantitative estimate of drug-likeness (QED) is 0.691. The summed E-state index contributed by atoms with van der Waals surface area (Å²) in [6.07, 6.45) is 0.839. The summed E-state index contributed by atoms with van der Waals surface area (Å²) in [5.74, 6) is 0.0921. The maximum atomic E-state index is 11.4. The third kappa shape index (κ3) is 3.17. The average molecular weight is 228 g/mol. The van der Waals surface area contributed by atoms with Crippen LogP contribution in [0.1, 0.15) is 12.8 Å². The number of β-amino-alcohol motifs (C(OH)–C–C–N with tert-alkyl or cyclic N) is 1. The molecule has 1 amide bonds. The van der Waals surface area contributed by atoms with Crippen molar-refractivity contribution in [1.29, 1.82) is 0 Å². The molecule has 2 saturated heterocycles. The Morgan fingerprint density at radius 3 is 2.69 bits per heavy atom. The van der Waals surface area contributed by atoms with Gasteiger partial charge in [0, 0.05) is 32.7 Å². The second-order valence-electron chi connectivity index (χ2n) is 4.51. The van der Waals surface area contributed by atoms with Gasteiger partial charge in [-0.3, -0.25) is 9.69 Å². The van der Waals surface area contributed by atoms with Crippen LogP contribution >= 0.6 is 0 Å². The maximum absolute atomic E-state index is 11.4. The van der Waals surface area contributed by atoms with Gasteiger partial charge in [0.1, 0.15) is 0 Å². The number of carbonyl (C=O) groups excluding carboxylic acids is 1. The van der Waals surface area contributed by atoms with E-state index in [1.807, 2.05) is 0 Å². The zero-order valence-electron chi connectivity index (χ0n) is 9.60. The molecule has 1 atom stereocenters. The molecule has 1 unspecified atom stereocenters. The summed E-state index contributed by atoms with van der Waals surface area (Å²) >= 11 is 0. The molecule has 16 heavy (non-hydrogen) atoms. The molecule has 2 aliphatic heterocycles. The van der Waals surface area contributed by atoms with Crippen LogP contribution in [-0.4, -0.2) is 72.9 Å². The van der Waals surface area contributed by atoms with Crippen molar-refractivity contribution in [3.05, 3.63) is 0 Å². The number of ether oxygens (including phenoxy) is 1. The molecule has 2 aliphatic rings. The molecule has 0 spiro atoms. The lowest BCUT2D eigenvalue weighted by Gasteiger charge is -2.27. The average Bonchev–Trinajstić information content (AvgIpc) is 2.59. The van der Waals surface area contributed by atoms with Gasteiger partial charge in [-0.2, -0.15) is 0 Å². The highest BCUT2D eigenvalue weighted by Crippen LogP contribution is 2.11. The predicted molar refractivity (Wildman–Crippen MR) is 59.1 cm³/mol. The van der Waals surface area contributed by atoms with Crippen molar-refractivity contribution >= 4 is 5.91 Å². The number of morpholine rings is 1. The molecule has 0 aliphatic carbocycles. The molecular weight excluding hydrogens is 208 g/mol. The van der Waals surface area contributed by atoms with Crippen LogP contribution in [0, 0.1) is 0 Å². The second kappa shape index (κ2) is 5.61. The first-order chi connectivity index (χ1) is 7.75. The van der Waals surface area contributed by atoms with Gasteiger partial charge in [0.15, 0.2) is 0 Å². The van der Waals surface area contributed by atoms with Crippen LogP contribution in [-0.2, 0) is 9.53 Å². The van der Waals surface area contributed by atoms with Crippen LogP contribution in [0.4, 0.5) is 0 Å². The number of hydrogen-bond donors (Lipinski definition) is 1. The Morgan fingerprint density at radius 1 is 1.31 bits per heavy atom. The summed E-state index contributed by atoms with van der Waals surface area (Å²) in [4.78, 5) is 15.5. The highest BCUT2D eigenvalue weighted by Gasteiger charge is 2.27. The van der Waals surface area contributed by atoms with E-state index >= 15 is 0 Å². The smallest absolute Gasteiger partial charge is 0.225 e. The SMILES string of the molecule is O=C1CC(O)CN1CCCN1CCOCC1. The molecule has 2 heterocycles. The number of likely N-dealkylation sites (tertiary alicyclic amines) is 1. The fraction of sp³-hybridized carbons (Fsp3) is 0.909. The summed E-state index contributed by atoms with van der Waals surface area (Å²) < 4.78 is 5.27. The van der Waals surface area contributed by atoms with Gasteiger partial charge in [-0.1, -0.05) is 0 Å². The molecule has 0 radical (unpaired) electrons. The molecule has 0 saturated carbocycles. The number of aliphatic hydroxyl groups excluding tert-OH is 1. The van der Waals surface area contributed by atoms with Gasteiger partial charge in [-0.25, -0.2) is 0 Å². The number of aliphatic hydroxyl groups is 1. The minimum atomic E-state index is -0.448. The molecule has 5 heteroatoms. The molecule has 2 rings (SSSR count). The second-order valence-corrected chi connectivity index (χ2v) is 4.51. The first-order valence-corrected chi connectivity index (χ1v) is 6.01. The van der Waals surface area contributed by atoms with Crippen molar-refractivity contribution in [1.82, 2.24) is 9.80 Å². The zero-order chi connectivity index (χ0) is 11.4. The Morgan fingerprint density at radius 2 is 2.06 bits per heavy atom. The summed E-state index contributed by atoms with van der Waals surface area (Å²) in [6, 6.07) is 0. The Kier molecular flexibility index (Phi) is 4.15. The summed E-state index contributed by atoms with van der Waals surface area (Å²) in [6.45, 7) is 5.94. The van der Waals surface area contributed by atoms with E-state index in [1.54, 1.807) is 4.90 Å². The van der Waals surface area contributed by atoms with Crippen LogP contribution in [0.3, 0.4) is 0 Å². The number of hydrogen-bond acceptors (Lipinski definition) is 4. The Bertz CT molecular complexity index is 241. The van der Waals surface area contributed by atoms with Gasteiger partial charge in [-0.05, 0) is 6.42 Å². The van der Waals surface area contributed by atoms with Crippen LogP contribution in [0.2, 0.25) is 0 Å². The van der Waals surface area contributed by atoms with Crippen molar-refractivity contribution in [2.24, 2.45) is 0 Å². The molecule has 0 bridgehead atoms. The summed E-state index contributed by atoms with van der Waals surface area (Å²) in [7, 11) is 0. The first kappa shape index (κ1) is 11.8. The van der Waals surface area contributed by atoms with Crippen molar-refractivity contribution < 1.29 is 14.6 Å². The van der Waals surface area contributed by atoms with E-state index in [9.17, 15) is 9.90 Å². The molecule has 0 aromatic heterocycles. The van der Waals surface area contributed by atoms with Crippen molar-refractivity contribution in [3.8, 4) is 0 Å². The summed E-state index contributed by atoms with van der Waals surface area (Å²) in [5, 5.41) is 9.33. The van der Waals surface area contributed by atoms with Crippen LogP contribution in [0.15, 0.2) is 0 Å². The van der Waals surface area contributed by atoms with E-state index in [2.05, 4.69) is 4.90 Å². The number of nitrogens with zero attached hydrogens (tertiary/aromatic N) is 2. The maximum Gasteiger partial charge on any atom is 0.225 e. The van der Waals surface area contributed by atoms with Gasteiger partial charge < -0.3 is 14.7 Å². The van der Waals surface area contributed by atoms with Crippen molar-refractivity contribution in [3.63, 3.8) is 0 Å². The van der Waals surface area contributed by atoms with Gasteiger partial charge in [0.25, 0.3) is 0 Å². The van der Waals surface area contributed by atoms with Crippen molar-refractivity contribution in [2.45, 2.75) is 18.9 Å². The van der Waals surface area contributed by atoms with E-state index in [0.29, 0.717) is 13.0 Å². The lowest BCUT2D eigenvalue weighted by atomic mass is 10.3. The first-order valence-electron chi connectivity index (χ1n) is 6.01. The number of carbonyl (C=O) groups is 1. The predicted octanol–water partition coefficient (Wildman–Crippen LogP) is -0.698. The van der Waals surface area contributed by atoms with Gasteiger partial charge in [0.05, 0.1) is 25.7 Å². The topological polar surface area (TPSA) is 53.0 Å². The van der Waals surface area contributed by atoms with E-state index in [0.717, 1.165) is 45.8 Å². The number of amides is 1. The van der Waals surface area contributed by atoms with E-state index in [4.69, 9.17) is 4.74 Å². The Hall–Kier alpha value is -0.650. The molecule has 5 nitrogen and oxygen atoms in total. The van der Waals surface area contributed by atoms with Gasteiger partial charge >= 0.3 is 0 Å². The molecular formula is C11H20N2O3. The van der Waals surface area contributed by atoms with Crippen LogP contribution in [0.5, 0.6) is 0 Å². The normalized spacial score (nSPS) is 27.7. The largest absolute Gasteiger partial charge is 0.391 e. The molecule has 1 N–H and O–H groups in total. The molecule has 2 fully saturated rings. The van der Waals surface area contributed by atoms with Gasteiger partial charge in [-0.15, -0.1) is 0 Å². The summed E-state index contributed by atoms with van der Waals surface area (Å²) in [5.41, 5.74) is 0. The minimum Gasteiger partial charge on any atom is -0.391 e. The van der Waals surface area contributed by atoms with E-state index < -0.39 is 6.10 Å². The Balaban J connectivity index is 1.62. The Labute approximate surface area is 96.0 Å². The van der Waals surface area contributed by atoms with E-state index in [-0.39, 0.29) is 5.91 Å². The third-order valence-corrected chi connectivity index (χ3v) is 3.20. The van der Waals surface area contributed by atoms with Crippen molar-refractivity contribution in [2.75, 3.05) is 45.9 Å². The fourth-order valence-corrected chi connectivity index (χ4v) is 2.28. The highest BCUT2D eigenvalue weighted by molar-refractivity contribution is 5.78. The van der Waals surface area contributed by atoms with E-state index in [1.165, 1.54) is 0 Å². The van der Waals surface area contributed by atoms with Gasteiger partial charge in [0.2, 0.25) is 5.91 Å². The lowest BCUT2D eigenvalue weighted by Crippen LogP contribution is -2.38. The third-order valence-electron chi connectivity index (χ3n) is 3.20. The van der Waals surface area contributed by atoms with Crippen LogP contribution in [0.25, 0.3) is 0 Å². The zero-order valence-corrected chi connectivity index (χ0v) is 9.60.